The molecule has 0 saturated heterocycles. The minimum Gasteiger partial charge on any atom is -0.324 e. The molecule has 0 fully saturated rings. The lowest BCUT2D eigenvalue weighted by molar-refractivity contribution is -0.116. The van der Waals surface area contributed by atoms with Crippen LogP contribution in [-0.4, -0.2) is 19.0 Å². The second-order valence-corrected chi connectivity index (χ2v) is 3.28. The number of hydrogen-bond acceptors (Lipinski definition) is 2. The van der Waals surface area contributed by atoms with Gasteiger partial charge in [-0.15, -0.1) is 0 Å². The largest absolute Gasteiger partial charge is 0.324 e. The van der Waals surface area contributed by atoms with Crippen LogP contribution in [0.25, 0.3) is 0 Å². The van der Waals surface area contributed by atoms with Crippen LogP contribution in [0.4, 0.5) is 14.5 Å². The van der Waals surface area contributed by atoms with Crippen molar-refractivity contribution < 1.29 is 13.6 Å². The summed E-state index contributed by atoms with van der Waals surface area (Å²) >= 11 is 0. The molecule has 2 N–H and O–H groups in total. The Hall–Kier alpha value is -1.49. The van der Waals surface area contributed by atoms with Gasteiger partial charge in [-0.3, -0.25) is 4.79 Å². The Balaban J connectivity index is 2.49. The van der Waals surface area contributed by atoms with Crippen LogP contribution >= 0.6 is 0 Å². The van der Waals surface area contributed by atoms with Crippen molar-refractivity contribution in [2.75, 3.05) is 18.4 Å². The monoisotopic (exact) mass is 228 g/mol. The van der Waals surface area contributed by atoms with Crippen molar-refractivity contribution >= 4 is 11.6 Å². The summed E-state index contributed by atoms with van der Waals surface area (Å²) < 4.78 is 25.7. The number of benzene rings is 1. The summed E-state index contributed by atoms with van der Waals surface area (Å²) in [6.07, 6.45) is 0.255. The standard InChI is InChI=1S/C11H14F2N2O/c1-2-14-6-5-11(16)15-10-4-3-8(12)7-9(10)13/h3-4,7,14H,2,5-6H2,1H3,(H,15,16). The van der Waals surface area contributed by atoms with Crippen molar-refractivity contribution in [1.29, 1.82) is 0 Å². The molecule has 88 valence electrons. The Morgan fingerprint density at radius 1 is 1.38 bits per heavy atom. The van der Waals surface area contributed by atoms with Crippen LogP contribution in [0.2, 0.25) is 0 Å². The molecule has 0 heterocycles. The highest BCUT2D eigenvalue weighted by Crippen LogP contribution is 2.14. The molecule has 0 aromatic heterocycles. The van der Waals surface area contributed by atoms with E-state index < -0.39 is 11.6 Å². The quantitative estimate of drug-likeness (QED) is 0.756. The smallest absolute Gasteiger partial charge is 0.225 e. The molecule has 0 aliphatic rings. The molecule has 1 aromatic carbocycles. The molecule has 16 heavy (non-hydrogen) atoms. The molecular weight excluding hydrogens is 214 g/mol. The fraction of sp³-hybridized carbons (Fsp3) is 0.364. The Morgan fingerprint density at radius 3 is 2.75 bits per heavy atom. The van der Waals surface area contributed by atoms with Crippen molar-refractivity contribution in [1.82, 2.24) is 5.32 Å². The fourth-order valence-corrected chi connectivity index (χ4v) is 1.18. The van der Waals surface area contributed by atoms with E-state index in [1.807, 2.05) is 6.92 Å². The maximum absolute atomic E-state index is 13.1. The van der Waals surface area contributed by atoms with E-state index in [1.54, 1.807) is 0 Å². The predicted octanol–water partition coefficient (Wildman–Crippen LogP) is 1.90. The van der Waals surface area contributed by atoms with Crippen LogP contribution < -0.4 is 10.6 Å². The maximum atomic E-state index is 13.1. The van der Waals surface area contributed by atoms with Gasteiger partial charge in [-0.05, 0) is 18.7 Å². The Morgan fingerprint density at radius 2 is 2.12 bits per heavy atom. The van der Waals surface area contributed by atoms with E-state index in [1.165, 1.54) is 6.07 Å². The van der Waals surface area contributed by atoms with Gasteiger partial charge in [-0.2, -0.15) is 0 Å². The summed E-state index contributed by atoms with van der Waals surface area (Å²) in [5.74, 6) is -1.73. The zero-order valence-corrected chi connectivity index (χ0v) is 9.02. The highest BCUT2D eigenvalue weighted by atomic mass is 19.1. The van der Waals surface area contributed by atoms with Gasteiger partial charge in [0.2, 0.25) is 5.91 Å². The molecule has 1 rings (SSSR count). The Kier molecular flexibility index (Phi) is 4.85. The van der Waals surface area contributed by atoms with Crippen LogP contribution in [0.3, 0.4) is 0 Å². The average Bonchev–Trinajstić information content (AvgIpc) is 2.23. The molecular formula is C11H14F2N2O. The van der Waals surface area contributed by atoms with Crippen LogP contribution in [0, 0.1) is 11.6 Å². The predicted molar refractivity (Wildman–Crippen MR) is 58.1 cm³/mol. The molecule has 0 aliphatic carbocycles. The Labute approximate surface area is 92.8 Å². The van der Waals surface area contributed by atoms with Crippen molar-refractivity contribution in [2.24, 2.45) is 0 Å². The van der Waals surface area contributed by atoms with Gasteiger partial charge in [0.1, 0.15) is 11.6 Å². The SMILES string of the molecule is CCNCCC(=O)Nc1ccc(F)cc1F. The van der Waals surface area contributed by atoms with E-state index in [0.29, 0.717) is 6.54 Å². The summed E-state index contributed by atoms with van der Waals surface area (Å²) in [5, 5.41) is 5.35. The first kappa shape index (κ1) is 12.6. The normalized spacial score (nSPS) is 10.2. The average molecular weight is 228 g/mol. The first-order valence-electron chi connectivity index (χ1n) is 5.09. The van der Waals surface area contributed by atoms with Gasteiger partial charge in [0, 0.05) is 19.0 Å². The van der Waals surface area contributed by atoms with E-state index in [2.05, 4.69) is 10.6 Å². The first-order valence-corrected chi connectivity index (χ1v) is 5.09. The number of anilines is 1. The number of nitrogens with one attached hydrogen (secondary N) is 2. The highest BCUT2D eigenvalue weighted by molar-refractivity contribution is 5.90. The topological polar surface area (TPSA) is 41.1 Å². The number of rotatable bonds is 5. The number of hydrogen-bond donors (Lipinski definition) is 2. The zero-order chi connectivity index (χ0) is 12.0. The lowest BCUT2D eigenvalue weighted by Gasteiger charge is -2.06. The van der Waals surface area contributed by atoms with Crippen molar-refractivity contribution in [2.45, 2.75) is 13.3 Å². The lowest BCUT2D eigenvalue weighted by Crippen LogP contribution is -2.21. The fourth-order valence-electron chi connectivity index (χ4n) is 1.18. The van der Waals surface area contributed by atoms with Gasteiger partial charge < -0.3 is 10.6 Å². The van der Waals surface area contributed by atoms with E-state index in [9.17, 15) is 13.6 Å². The van der Waals surface area contributed by atoms with Gasteiger partial charge >= 0.3 is 0 Å². The van der Waals surface area contributed by atoms with E-state index >= 15 is 0 Å². The van der Waals surface area contributed by atoms with Gasteiger partial charge in [-0.1, -0.05) is 6.92 Å². The molecule has 0 aliphatic heterocycles. The number of halogens is 2. The molecule has 0 unspecified atom stereocenters. The molecule has 5 heteroatoms. The summed E-state index contributed by atoms with van der Waals surface area (Å²) in [7, 11) is 0. The summed E-state index contributed by atoms with van der Waals surface area (Å²) in [5.41, 5.74) is 0.00268. The third kappa shape index (κ3) is 3.94. The third-order valence-electron chi connectivity index (χ3n) is 1.98. The van der Waals surface area contributed by atoms with E-state index in [4.69, 9.17) is 0 Å². The van der Waals surface area contributed by atoms with Crippen LogP contribution in [0.5, 0.6) is 0 Å². The molecule has 0 saturated carbocycles. The summed E-state index contributed by atoms with van der Waals surface area (Å²) in [4.78, 5) is 11.3. The van der Waals surface area contributed by atoms with Crippen LogP contribution in [-0.2, 0) is 4.79 Å². The maximum Gasteiger partial charge on any atom is 0.225 e. The van der Waals surface area contributed by atoms with Crippen molar-refractivity contribution in [3.05, 3.63) is 29.8 Å². The Bertz CT molecular complexity index is 369. The number of amides is 1. The lowest BCUT2D eigenvalue weighted by atomic mass is 10.3. The van der Waals surface area contributed by atoms with Crippen LogP contribution in [0.15, 0.2) is 18.2 Å². The molecule has 0 spiro atoms. The molecule has 0 radical (unpaired) electrons. The van der Waals surface area contributed by atoms with Gasteiger partial charge in [0.25, 0.3) is 0 Å². The minimum absolute atomic E-state index is 0.00268. The zero-order valence-electron chi connectivity index (χ0n) is 9.02. The van der Waals surface area contributed by atoms with Gasteiger partial charge in [0.15, 0.2) is 0 Å². The first-order chi connectivity index (χ1) is 7.63. The molecule has 1 amide bonds. The summed E-state index contributed by atoms with van der Waals surface area (Å²) in [6.45, 7) is 3.24. The number of carbonyl (C=O) groups excluding carboxylic acids is 1. The molecule has 1 aromatic rings. The summed E-state index contributed by atoms with van der Waals surface area (Å²) in [6, 6.07) is 3.04. The van der Waals surface area contributed by atoms with Crippen molar-refractivity contribution in [3.63, 3.8) is 0 Å². The number of carbonyl (C=O) groups is 1. The van der Waals surface area contributed by atoms with Crippen molar-refractivity contribution in [3.8, 4) is 0 Å². The third-order valence-corrected chi connectivity index (χ3v) is 1.98. The van der Waals surface area contributed by atoms with Crippen LogP contribution in [0.1, 0.15) is 13.3 Å². The van der Waals surface area contributed by atoms with E-state index in [0.717, 1.165) is 18.7 Å². The van der Waals surface area contributed by atoms with E-state index in [-0.39, 0.29) is 18.0 Å². The highest BCUT2D eigenvalue weighted by Gasteiger charge is 2.07. The second kappa shape index (κ2) is 6.17. The van der Waals surface area contributed by atoms with Gasteiger partial charge in [-0.25, -0.2) is 8.78 Å². The minimum atomic E-state index is -0.767. The molecule has 0 bridgehead atoms. The molecule has 3 nitrogen and oxygen atoms in total. The second-order valence-electron chi connectivity index (χ2n) is 3.28. The van der Waals surface area contributed by atoms with Gasteiger partial charge in [0.05, 0.1) is 5.69 Å². The molecule has 0 atom stereocenters.